The molecule has 0 bridgehead atoms. The third-order valence-electron chi connectivity index (χ3n) is 4.07. The predicted octanol–water partition coefficient (Wildman–Crippen LogP) is 4.26. The van der Waals surface area contributed by atoms with Gasteiger partial charge in [-0.3, -0.25) is 0 Å². The highest BCUT2D eigenvalue weighted by Gasteiger charge is 2.19. The highest BCUT2D eigenvalue weighted by atomic mass is 35.5. The standard InChI is InChI=1S/C19H20ClFN4/c1-12-13(5-4-10-22-2)8-9-15-17(12)19(24-11-23-15)25-16-7-3-6-14(20)18(16)21/h3-9,22-23H,10-11H2,1-2H3,(H,24,25)/b5-4+. The highest BCUT2D eigenvalue weighted by molar-refractivity contribution is 6.31. The Balaban J connectivity index is 1.98. The predicted molar refractivity (Wildman–Crippen MR) is 104 cm³/mol. The monoisotopic (exact) mass is 358 g/mol. The van der Waals surface area contributed by atoms with Crippen molar-refractivity contribution in [3.63, 3.8) is 0 Å². The average molecular weight is 359 g/mol. The number of nitrogens with zero attached hydrogens (tertiary/aromatic N) is 1. The molecule has 0 spiro atoms. The van der Waals surface area contributed by atoms with Crippen molar-refractivity contribution in [2.24, 2.45) is 4.99 Å². The molecule has 0 amide bonds. The maximum Gasteiger partial charge on any atom is 0.165 e. The van der Waals surface area contributed by atoms with Crippen LogP contribution in [0, 0.1) is 12.7 Å². The Labute approximate surface area is 151 Å². The van der Waals surface area contributed by atoms with Gasteiger partial charge in [-0.1, -0.05) is 35.9 Å². The number of aliphatic imine (C=N–C) groups is 1. The van der Waals surface area contributed by atoms with Crippen molar-refractivity contribution >= 4 is 34.9 Å². The fraction of sp³-hybridized carbons (Fsp3) is 0.211. The van der Waals surface area contributed by atoms with E-state index in [0.29, 0.717) is 18.2 Å². The number of hydrogen-bond acceptors (Lipinski definition) is 4. The van der Waals surface area contributed by atoms with Crippen LogP contribution in [0.2, 0.25) is 5.02 Å². The zero-order valence-corrected chi connectivity index (χ0v) is 14.9. The SMILES string of the molecule is CNC/C=C/c1ccc2c(c1C)C(Nc1cccc(Cl)c1F)=NCN2. The molecule has 0 saturated heterocycles. The fourth-order valence-corrected chi connectivity index (χ4v) is 2.95. The lowest BCUT2D eigenvalue weighted by Gasteiger charge is -2.23. The Kier molecular flexibility index (Phi) is 5.36. The second kappa shape index (κ2) is 7.68. The van der Waals surface area contributed by atoms with Gasteiger partial charge >= 0.3 is 0 Å². The molecule has 3 rings (SSSR count). The second-order valence-electron chi connectivity index (χ2n) is 5.73. The number of likely N-dealkylation sites (N-methyl/N-ethyl adjacent to an activating group) is 1. The molecule has 25 heavy (non-hydrogen) atoms. The van der Waals surface area contributed by atoms with E-state index in [9.17, 15) is 4.39 Å². The van der Waals surface area contributed by atoms with Crippen molar-refractivity contribution in [3.8, 4) is 0 Å². The van der Waals surface area contributed by atoms with Crippen LogP contribution in [0.15, 0.2) is 41.4 Å². The van der Waals surface area contributed by atoms with Gasteiger partial charge in [-0.15, -0.1) is 0 Å². The number of halogens is 2. The van der Waals surface area contributed by atoms with E-state index in [-0.39, 0.29) is 5.02 Å². The van der Waals surface area contributed by atoms with Gasteiger partial charge in [-0.2, -0.15) is 0 Å². The summed E-state index contributed by atoms with van der Waals surface area (Å²) in [6.45, 7) is 3.27. The Morgan fingerprint density at radius 1 is 1.32 bits per heavy atom. The summed E-state index contributed by atoms with van der Waals surface area (Å²) in [6, 6.07) is 8.97. The first kappa shape index (κ1) is 17.5. The van der Waals surface area contributed by atoms with Gasteiger partial charge in [-0.05, 0) is 43.3 Å². The van der Waals surface area contributed by atoms with E-state index < -0.39 is 5.82 Å². The van der Waals surface area contributed by atoms with Crippen LogP contribution in [-0.2, 0) is 0 Å². The minimum absolute atomic E-state index is 0.0835. The third-order valence-corrected chi connectivity index (χ3v) is 4.37. The van der Waals surface area contributed by atoms with Gasteiger partial charge in [0.1, 0.15) is 12.5 Å². The van der Waals surface area contributed by atoms with E-state index in [1.54, 1.807) is 12.1 Å². The molecule has 0 saturated carbocycles. The van der Waals surface area contributed by atoms with E-state index in [2.05, 4.69) is 39.2 Å². The molecule has 0 aromatic heterocycles. The lowest BCUT2D eigenvalue weighted by molar-refractivity contribution is 0.632. The van der Waals surface area contributed by atoms with Crippen LogP contribution in [0.1, 0.15) is 16.7 Å². The zero-order chi connectivity index (χ0) is 17.8. The molecule has 0 aliphatic carbocycles. The van der Waals surface area contributed by atoms with E-state index in [0.717, 1.165) is 28.9 Å². The molecule has 2 aromatic carbocycles. The largest absolute Gasteiger partial charge is 0.366 e. The van der Waals surface area contributed by atoms with Crippen molar-refractivity contribution in [1.82, 2.24) is 5.32 Å². The molecule has 0 fully saturated rings. The van der Waals surface area contributed by atoms with Crippen molar-refractivity contribution in [3.05, 3.63) is 63.9 Å². The van der Waals surface area contributed by atoms with Crippen LogP contribution < -0.4 is 16.0 Å². The van der Waals surface area contributed by atoms with Crippen molar-refractivity contribution in [2.75, 3.05) is 30.9 Å². The maximum absolute atomic E-state index is 14.2. The van der Waals surface area contributed by atoms with Gasteiger partial charge in [0.05, 0.1) is 10.7 Å². The molecule has 4 nitrogen and oxygen atoms in total. The number of nitrogens with one attached hydrogen (secondary N) is 3. The van der Waals surface area contributed by atoms with Gasteiger partial charge < -0.3 is 16.0 Å². The van der Waals surface area contributed by atoms with E-state index in [1.807, 2.05) is 20.0 Å². The highest BCUT2D eigenvalue weighted by Crippen LogP contribution is 2.29. The number of fused-ring (bicyclic) bond motifs is 1. The van der Waals surface area contributed by atoms with E-state index >= 15 is 0 Å². The quantitative estimate of drug-likeness (QED) is 0.765. The molecule has 1 aliphatic heterocycles. The molecular weight excluding hydrogens is 339 g/mol. The summed E-state index contributed by atoms with van der Waals surface area (Å²) >= 11 is 5.88. The molecule has 3 N–H and O–H groups in total. The van der Waals surface area contributed by atoms with Crippen LogP contribution in [0.3, 0.4) is 0 Å². The fourth-order valence-electron chi connectivity index (χ4n) is 2.78. The average Bonchev–Trinajstić information content (AvgIpc) is 2.61. The summed E-state index contributed by atoms with van der Waals surface area (Å²) < 4.78 is 14.2. The minimum atomic E-state index is -0.477. The van der Waals surface area contributed by atoms with Crippen molar-refractivity contribution in [1.29, 1.82) is 0 Å². The number of benzene rings is 2. The molecule has 0 radical (unpaired) electrons. The zero-order valence-electron chi connectivity index (χ0n) is 14.2. The van der Waals surface area contributed by atoms with Crippen LogP contribution >= 0.6 is 11.6 Å². The Bertz CT molecular complexity index is 846. The topological polar surface area (TPSA) is 48.5 Å². The van der Waals surface area contributed by atoms with Gasteiger partial charge in [0.25, 0.3) is 0 Å². The number of rotatable bonds is 4. The Hall–Kier alpha value is -2.37. The summed E-state index contributed by atoms with van der Waals surface area (Å²) in [6.07, 6.45) is 4.13. The first-order valence-corrected chi connectivity index (χ1v) is 8.44. The van der Waals surface area contributed by atoms with E-state index in [1.165, 1.54) is 6.07 Å². The normalized spacial score (nSPS) is 13.4. The maximum atomic E-state index is 14.2. The first-order chi connectivity index (χ1) is 12.1. The number of amidine groups is 1. The third kappa shape index (κ3) is 3.67. The molecule has 0 atom stereocenters. The Morgan fingerprint density at radius 3 is 2.96 bits per heavy atom. The summed E-state index contributed by atoms with van der Waals surface area (Å²) in [5.74, 6) is 0.158. The molecule has 130 valence electrons. The number of anilines is 2. The number of hydrogen-bond donors (Lipinski definition) is 3. The second-order valence-corrected chi connectivity index (χ2v) is 6.14. The van der Waals surface area contributed by atoms with Crippen LogP contribution in [0.25, 0.3) is 6.08 Å². The molecular formula is C19H20ClFN4. The molecule has 6 heteroatoms. The lowest BCUT2D eigenvalue weighted by Crippen LogP contribution is -2.24. The lowest BCUT2D eigenvalue weighted by atomic mass is 9.98. The summed E-state index contributed by atoms with van der Waals surface area (Å²) in [4.78, 5) is 4.48. The molecule has 1 aliphatic rings. The van der Waals surface area contributed by atoms with Crippen molar-refractivity contribution in [2.45, 2.75) is 6.92 Å². The van der Waals surface area contributed by atoms with Crippen LogP contribution in [-0.4, -0.2) is 26.1 Å². The van der Waals surface area contributed by atoms with Crippen molar-refractivity contribution < 1.29 is 4.39 Å². The summed E-state index contributed by atoms with van der Waals surface area (Å²) in [5.41, 5.74) is 4.40. The van der Waals surface area contributed by atoms with Crippen LogP contribution in [0.4, 0.5) is 15.8 Å². The molecule has 1 heterocycles. The summed E-state index contributed by atoms with van der Waals surface area (Å²) in [5, 5.41) is 9.52. The van der Waals surface area contributed by atoms with Gasteiger partial charge in [0.2, 0.25) is 0 Å². The van der Waals surface area contributed by atoms with E-state index in [4.69, 9.17) is 11.6 Å². The smallest absolute Gasteiger partial charge is 0.165 e. The Morgan fingerprint density at radius 2 is 2.16 bits per heavy atom. The van der Waals surface area contributed by atoms with Gasteiger partial charge in [0, 0.05) is 17.8 Å². The summed E-state index contributed by atoms with van der Waals surface area (Å²) in [7, 11) is 1.90. The first-order valence-electron chi connectivity index (χ1n) is 8.06. The van der Waals surface area contributed by atoms with Gasteiger partial charge in [0.15, 0.2) is 5.82 Å². The molecule has 0 unspecified atom stereocenters. The van der Waals surface area contributed by atoms with Gasteiger partial charge in [-0.25, -0.2) is 9.38 Å². The molecule has 2 aromatic rings. The van der Waals surface area contributed by atoms with Crippen LogP contribution in [0.5, 0.6) is 0 Å². The minimum Gasteiger partial charge on any atom is -0.366 e.